The zero-order valence-electron chi connectivity index (χ0n) is 12.2. The Balaban J connectivity index is 1.79. The molecule has 5 heteroatoms. The number of nitrogens with zero attached hydrogens (tertiary/aromatic N) is 1. The molecule has 2 unspecified atom stereocenters. The minimum Gasteiger partial charge on any atom is -0.381 e. The van der Waals surface area contributed by atoms with Gasteiger partial charge < -0.3 is 4.74 Å². The number of methoxy groups -OCH3 is 1. The summed E-state index contributed by atoms with van der Waals surface area (Å²) in [5, 5.41) is 1.35. The second kappa shape index (κ2) is 5.91. The van der Waals surface area contributed by atoms with Crippen molar-refractivity contribution in [2.24, 2.45) is 0 Å². The lowest BCUT2D eigenvalue weighted by Crippen LogP contribution is -2.47. The van der Waals surface area contributed by atoms with E-state index in [-0.39, 0.29) is 18.2 Å². The van der Waals surface area contributed by atoms with Crippen LogP contribution in [0.15, 0.2) is 35.7 Å². The lowest BCUT2D eigenvalue weighted by Gasteiger charge is -2.36. The van der Waals surface area contributed by atoms with E-state index in [0.717, 1.165) is 31.2 Å². The highest BCUT2D eigenvalue weighted by Crippen LogP contribution is 2.39. The summed E-state index contributed by atoms with van der Waals surface area (Å²) in [6, 6.07) is 9.72. The van der Waals surface area contributed by atoms with Crippen LogP contribution >= 0.6 is 0 Å². The maximum Gasteiger partial charge on any atom is 0.236 e. The van der Waals surface area contributed by atoms with Crippen LogP contribution in [-0.4, -0.2) is 38.0 Å². The number of piperidine rings is 1. The van der Waals surface area contributed by atoms with Gasteiger partial charge in [0.05, 0.1) is 6.10 Å². The van der Waals surface area contributed by atoms with Gasteiger partial charge >= 0.3 is 0 Å². The SMILES string of the molecule is COC1CC2CCC(C1)N2S(=O)(=O)/C=C/c1ccccc1. The minimum atomic E-state index is -3.35. The Kier molecular flexibility index (Phi) is 4.15. The van der Waals surface area contributed by atoms with E-state index in [4.69, 9.17) is 4.74 Å². The van der Waals surface area contributed by atoms with Crippen LogP contribution in [-0.2, 0) is 14.8 Å². The zero-order chi connectivity index (χ0) is 14.9. The second-order valence-electron chi connectivity index (χ2n) is 5.80. The van der Waals surface area contributed by atoms with E-state index in [1.807, 2.05) is 30.3 Å². The van der Waals surface area contributed by atoms with Crippen molar-refractivity contribution in [3.8, 4) is 0 Å². The van der Waals surface area contributed by atoms with E-state index in [2.05, 4.69) is 0 Å². The molecule has 2 atom stereocenters. The molecule has 114 valence electrons. The second-order valence-corrected chi connectivity index (χ2v) is 7.53. The molecule has 1 aromatic carbocycles. The summed E-state index contributed by atoms with van der Waals surface area (Å²) in [4.78, 5) is 0. The van der Waals surface area contributed by atoms with Crippen LogP contribution in [0.5, 0.6) is 0 Å². The number of benzene rings is 1. The van der Waals surface area contributed by atoms with Crippen molar-refractivity contribution in [1.29, 1.82) is 0 Å². The smallest absolute Gasteiger partial charge is 0.236 e. The van der Waals surface area contributed by atoms with E-state index in [1.54, 1.807) is 17.5 Å². The third-order valence-corrected chi connectivity index (χ3v) is 6.15. The van der Waals surface area contributed by atoms with Crippen LogP contribution in [0.3, 0.4) is 0 Å². The van der Waals surface area contributed by atoms with Crippen LogP contribution in [0.4, 0.5) is 0 Å². The zero-order valence-corrected chi connectivity index (χ0v) is 13.0. The van der Waals surface area contributed by atoms with E-state index < -0.39 is 10.0 Å². The van der Waals surface area contributed by atoms with Crippen molar-refractivity contribution in [2.75, 3.05) is 7.11 Å². The van der Waals surface area contributed by atoms with E-state index in [9.17, 15) is 8.42 Å². The summed E-state index contributed by atoms with van der Waals surface area (Å²) in [5.74, 6) is 0. The standard InChI is InChI=1S/C16H21NO3S/c1-20-16-11-14-7-8-15(12-16)17(14)21(18,19)10-9-13-5-3-2-4-6-13/h2-6,9-10,14-16H,7-8,11-12H2,1H3/b10-9+. The Labute approximate surface area is 126 Å². The fraction of sp³-hybridized carbons (Fsp3) is 0.500. The van der Waals surface area contributed by atoms with Gasteiger partial charge in [-0.05, 0) is 37.3 Å². The van der Waals surface area contributed by atoms with Crippen molar-refractivity contribution in [2.45, 2.75) is 43.9 Å². The molecule has 2 bridgehead atoms. The molecule has 2 aliphatic heterocycles. The molecule has 0 N–H and O–H groups in total. The average molecular weight is 307 g/mol. The quantitative estimate of drug-likeness (QED) is 0.859. The predicted molar refractivity (Wildman–Crippen MR) is 83.1 cm³/mol. The number of ether oxygens (including phenoxy) is 1. The molecule has 2 fully saturated rings. The highest BCUT2D eigenvalue weighted by molar-refractivity contribution is 7.92. The van der Waals surface area contributed by atoms with Crippen molar-refractivity contribution in [3.05, 3.63) is 41.3 Å². The van der Waals surface area contributed by atoms with Gasteiger partial charge in [-0.25, -0.2) is 8.42 Å². The molecule has 0 aromatic heterocycles. The first kappa shape index (κ1) is 14.8. The third-order valence-electron chi connectivity index (χ3n) is 4.48. The van der Waals surface area contributed by atoms with Gasteiger partial charge in [-0.3, -0.25) is 0 Å². The molecule has 2 aliphatic rings. The van der Waals surface area contributed by atoms with Crippen molar-refractivity contribution in [1.82, 2.24) is 4.31 Å². The maximum atomic E-state index is 12.6. The van der Waals surface area contributed by atoms with Crippen molar-refractivity contribution in [3.63, 3.8) is 0 Å². The summed E-state index contributed by atoms with van der Waals surface area (Å²) >= 11 is 0. The highest BCUT2D eigenvalue weighted by Gasteiger charge is 2.45. The van der Waals surface area contributed by atoms with Gasteiger partial charge in [0.15, 0.2) is 0 Å². The van der Waals surface area contributed by atoms with Gasteiger partial charge in [-0.2, -0.15) is 4.31 Å². The molecule has 3 rings (SSSR count). The van der Waals surface area contributed by atoms with Crippen molar-refractivity contribution < 1.29 is 13.2 Å². The Hall–Kier alpha value is -1.17. The molecule has 2 saturated heterocycles. The molecule has 0 spiro atoms. The first-order valence-electron chi connectivity index (χ1n) is 7.39. The first-order valence-corrected chi connectivity index (χ1v) is 8.90. The Morgan fingerprint density at radius 3 is 2.33 bits per heavy atom. The largest absolute Gasteiger partial charge is 0.381 e. The van der Waals surface area contributed by atoms with Crippen LogP contribution < -0.4 is 0 Å². The summed E-state index contributed by atoms with van der Waals surface area (Å²) in [7, 11) is -1.64. The summed E-state index contributed by atoms with van der Waals surface area (Å²) in [5.41, 5.74) is 0.903. The van der Waals surface area contributed by atoms with Gasteiger partial charge in [0.1, 0.15) is 0 Å². The Morgan fingerprint density at radius 1 is 1.14 bits per heavy atom. The van der Waals surface area contributed by atoms with Crippen LogP contribution in [0, 0.1) is 0 Å². The number of hydrogen-bond donors (Lipinski definition) is 0. The highest BCUT2D eigenvalue weighted by atomic mass is 32.2. The van der Waals surface area contributed by atoms with Crippen LogP contribution in [0.1, 0.15) is 31.2 Å². The fourth-order valence-electron chi connectivity index (χ4n) is 3.49. The normalized spacial score (nSPS) is 30.0. The van der Waals surface area contributed by atoms with Gasteiger partial charge in [0.2, 0.25) is 10.0 Å². The molecule has 0 amide bonds. The number of fused-ring (bicyclic) bond motifs is 2. The molecule has 4 nitrogen and oxygen atoms in total. The van der Waals surface area contributed by atoms with E-state index in [1.165, 1.54) is 5.41 Å². The number of rotatable bonds is 4. The molecular formula is C16H21NO3S. The molecule has 0 radical (unpaired) electrons. The van der Waals surface area contributed by atoms with E-state index in [0.29, 0.717) is 0 Å². The third kappa shape index (κ3) is 3.05. The van der Waals surface area contributed by atoms with Crippen molar-refractivity contribution >= 4 is 16.1 Å². The topological polar surface area (TPSA) is 46.6 Å². The lowest BCUT2D eigenvalue weighted by molar-refractivity contribution is 0.0353. The maximum absolute atomic E-state index is 12.6. The van der Waals surface area contributed by atoms with Crippen LogP contribution in [0.2, 0.25) is 0 Å². The molecule has 1 aromatic rings. The van der Waals surface area contributed by atoms with Gasteiger partial charge in [0.25, 0.3) is 0 Å². The average Bonchev–Trinajstić information content (AvgIpc) is 2.78. The van der Waals surface area contributed by atoms with Gasteiger partial charge in [0, 0.05) is 24.6 Å². The number of hydrogen-bond acceptors (Lipinski definition) is 3. The Morgan fingerprint density at radius 2 is 1.76 bits per heavy atom. The summed E-state index contributed by atoms with van der Waals surface area (Å²) in [6.07, 6.45) is 5.40. The van der Waals surface area contributed by atoms with Crippen LogP contribution in [0.25, 0.3) is 6.08 Å². The Bertz CT molecular complexity index is 598. The number of sulfonamides is 1. The molecule has 0 saturated carbocycles. The monoisotopic (exact) mass is 307 g/mol. The van der Waals surface area contributed by atoms with Gasteiger partial charge in [-0.15, -0.1) is 0 Å². The lowest BCUT2D eigenvalue weighted by atomic mass is 10.0. The molecule has 2 heterocycles. The molecular weight excluding hydrogens is 286 g/mol. The summed E-state index contributed by atoms with van der Waals surface area (Å²) in [6.45, 7) is 0. The first-order chi connectivity index (χ1) is 10.1. The molecule has 21 heavy (non-hydrogen) atoms. The summed E-state index contributed by atoms with van der Waals surface area (Å²) < 4.78 is 32.4. The van der Waals surface area contributed by atoms with Gasteiger partial charge in [-0.1, -0.05) is 30.3 Å². The predicted octanol–water partition coefficient (Wildman–Crippen LogP) is 2.63. The van der Waals surface area contributed by atoms with E-state index >= 15 is 0 Å². The minimum absolute atomic E-state index is 0.0964. The molecule has 0 aliphatic carbocycles. The fourth-order valence-corrected chi connectivity index (χ4v) is 5.17.